The van der Waals surface area contributed by atoms with Gasteiger partial charge in [-0.1, -0.05) is 29.8 Å². The molecule has 0 bridgehead atoms. The molecule has 1 heterocycles. The molecule has 26 heavy (non-hydrogen) atoms. The Morgan fingerprint density at radius 1 is 1.19 bits per heavy atom. The Bertz CT molecular complexity index is 964. The van der Waals surface area contributed by atoms with Crippen molar-refractivity contribution in [2.24, 2.45) is 5.10 Å². The van der Waals surface area contributed by atoms with Crippen LogP contribution in [-0.2, 0) is 6.61 Å². The standard InChI is InChI=1S/C19H19N5O2/c1-13-4-3-5-16(10-13)12-26-17-8-6-15(7-9-17)11-20-23-18-14(2)22-24-19(25)21-18/h3-11H,12H2,1-2H3,(H2,21,23,24,25)/b20-11+. The SMILES string of the molecule is Cc1cccc(COc2ccc(/C=N/Nc3nc(=O)[nH]nc3C)cc2)c1. The van der Waals surface area contributed by atoms with Crippen LogP contribution in [0.15, 0.2) is 58.4 Å². The van der Waals surface area contributed by atoms with Crippen LogP contribution >= 0.6 is 0 Å². The van der Waals surface area contributed by atoms with Gasteiger partial charge in [0.2, 0.25) is 0 Å². The Balaban J connectivity index is 1.57. The molecule has 7 heteroatoms. The molecule has 0 spiro atoms. The molecular formula is C19H19N5O2. The van der Waals surface area contributed by atoms with E-state index >= 15 is 0 Å². The first-order valence-electron chi connectivity index (χ1n) is 8.11. The average molecular weight is 349 g/mol. The number of H-pyrrole nitrogens is 1. The van der Waals surface area contributed by atoms with Crippen molar-refractivity contribution in [3.05, 3.63) is 81.4 Å². The molecule has 1 aromatic heterocycles. The maximum absolute atomic E-state index is 11.2. The topological polar surface area (TPSA) is 92.3 Å². The summed E-state index contributed by atoms with van der Waals surface area (Å²) in [6.45, 7) is 4.31. The lowest BCUT2D eigenvalue weighted by Gasteiger charge is -2.07. The fraction of sp³-hybridized carbons (Fsp3) is 0.158. The number of rotatable bonds is 6. The molecule has 0 aliphatic carbocycles. The maximum Gasteiger partial charge on any atom is 0.363 e. The molecule has 2 N–H and O–H groups in total. The highest BCUT2D eigenvalue weighted by molar-refractivity contribution is 5.80. The summed E-state index contributed by atoms with van der Waals surface area (Å²) in [4.78, 5) is 14.9. The predicted molar refractivity (Wildman–Crippen MR) is 101 cm³/mol. The minimum absolute atomic E-state index is 0.322. The van der Waals surface area contributed by atoms with E-state index in [1.54, 1.807) is 13.1 Å². The minimum atomic E-state index is -0.525. The van der Waals surface area contributed by atoms with Crippen molar-refractivity contribution in [2.45, 2.75) is 20.5 Å². The summed E-state index contributed by atoms with van der Waals surface area (Å²) in [6.07, 6.45) is 1.63. The second-order valence-corrected chi connectivity index (χ2v) is 5.79. The van der Waals surface area contributed by atoms with Gasteiger partial charge < -0.3 is 4.74 Å². The second kappa shape index (κ2) is 8.06. The van der Waals surface area contributed by atoms with E-state index in [4.69, 9.17) is 4.74 Å². The van der Waals surface area contributed by atoms with Crippen LogP contribution in [0.2, 0.25) is 0 Å². The molecule has 7 nitrogen and oxygen atoms in total. The number of hydrogen-bond acceptors (Lipinski definition) is 6. The van der Waals surface area contributed by atoms with Crippen molar-refractivity contribution in [3.8, 4) is 5.75 Å². The lowest BCUT2D eigenvalue weighted by molar-refractivity contribution is 0.306. The number of aromatic amines is 1. The summed E-state index contributed by atoms with van der Waals surface area (Å²) in [5.74, 6) is 1.11. The number of anilines is 1. The highest BCUT2D eigenvalue weighted by Gasteiger charge is 2.00. The van der Waals surface area contributed by atoms with Gasteiger partial charge in [0, 0.05) is 0 Å². The van der Waals surface area contributed by atoms with Gasteiger partial charge in [0.25, 0.3) is 0 Å². The number of hydrazone groups is 1. The summed E-state index contributed by atoms with van der Waals surface area (Å²) in [6, 6.07) is 15.8. The highest BCUT2D eigenvalue weighted by atomic mass is 16.5. The molecule has 0 aliphatic rings. The van der Waals surface area contributed by atoms with Crippen LogP contribution in [0.25, 0.3) is 0 Å². The van der Waals surface area contributed by atoms with Crippen molar-refractivity contribution in [2.75, 3.05) is 5.43 Å². The lowest BCUT2D eigenvalue weighted by Crippen LogP contribution is -2.15. The number of nitrogens with one attached hydrogen (secondary N) is 2. The fourth-order valence-corrected chi connectivity index (χ4v) is 2.28. The van der Waals surface area contributed by atoms with Gasteiger partial charge in [0.05, 0.1) is 6.21 Å². The van der Waals surface area contributed by atoms with Gasteiger partial charge in [0.15, 0.2) is 5.82 Å². The Morgan fingerprint density at radius 2 is 2.00 bits per heavy atom. The van der Waals surface area contributed by atoms with Crippen molar-refractivity contribution in [1.29, 1.82) is 0 Å². The zero-order chi connectivity index (χ0) is 18.4. The Kier molecular flexibility index (Phi) is 5.38. The van der Waals surface area contributed by atoms with Crippen molar-refractivity contribution >= 4 is 12.0 Å². The summed E-state index contributed by atoms with van der Waals surface area (Å²) in [5, 5.41) is 10.1. The van der Waals surface area contributed by atoms with Gasteiger partial charge >= 0.3 is 5.69 Å². The number of hydrogen-bond donors (Lipinski definition) is 2. The van der Waals surface area contributed by atoms with E-state index in [-0.39, 0.29) is 0 Å². The quantitative estimate of drug-likeness (QED) is 0.527. The molecule has 0 saturated heterocycles. The number of benzene rings is 2. The van der Waals surface area contributed by atoms with Gasteiger partial charge in [0.1, 0.15) is 18.1 Å². The van der Waals surface area contributed by atoms with E-state index in [1.807, 2.05) is 36.4 Å². The molecule has 0 atom stereocenters. The first kappa shape index (κ1) is 17.3. The second-order valence-electron chi connectivity index (χ2n) is 5.79. The normalized spacial score (nSPS) is 10.8. The molecule has 0 fully saturated rings. The zero-order valence-electron chi connectivity index (χ0n) is 14.6. The van der Waals surface area contributed by atoms with Crippen LogP contribution in [0, 0.1) is 13.8 Å². The van der Waals surface area contributed by atoms with Gasteiger partial charge in [-0.25, -0.2) is 9.89 Å². The van der Waals surface area contributed by atoms with Crippen LogP contribution in [0.1, 0.15) is 22.4 Å². The molecule has 2 aromatic carbocycles. The molecule has 0 unspecified atom stereocenters. The van der Waals surface area contributed by atoms with E-state index in [2.05, 4.69) is 44.8 Å². The van der Waals surface area contributed by atoms with Crippen LogP contribution in [0.4, 0.5) is 5.82 Å². The summed E-state index contributed by atoms with van der Waals surface area (Å²) < 4.78 is 5.79. The van der Waals surface area contributed by atoms with Gasteiger partial charge in [-0.05, 0) is 49.2 Å². The van der Waals surface area contributed by atoms with Crippen molar-refractivity contribution in [3.63, 3.8) is 0 Å². The smallest absolute Gasteiger partial charge is 0.363 e. The third kappa shape index (κ3) is 4.76. The Labute approximate surface area is 150 Å². The van der Waals surface area contributed by atoms with E-state index in [9.17, 15) is 4.79 Å². The third-order valence-corrected chi connectivity index (χ3v) is 3.63. The summed E-state index contributed by atoms with van der Waals surface area (Å²) in [5.41, 5.74) is 5.98. The largest absolute Gasteiger partial charge is 0.489 e. The van der Waals surface area contributed by atoms with Gasteiger partial charge in [-0.15, -0.1) is 0 Å². The first-order chi connectivity index (χ1) is 12.6. The number of ether oxygens (including phenoxy) is 1. The predicted octanol–water partition coefficient (Wildman–Crippen LogP) is 2.81. The molecule has 3 rings (SSSR count). The highest BCUT2D eigenvalue weighted by Crippen LogP contribution is 2.14. The number of nitrogens with zero attached hydrogens (tertiary/aromatic N) is 3. The van der Waals surface area contributed by atoms with E-state index in [1.165, 1.54) is 5.56 Å². The zero-order valence-corrected chi connectivity index (χ0v) is 14.6. The Hall–Kier alpha value is -3.48. The molecule has 0 radical (unpaired) electrons. The molecule has 0 amide bonds. The monoisotopic (exact) mass is 349 g/mol. The van der Waals surface area contributed by atoms with Crippen LogP contribution in [-0.4, -0.2) is 21.4 Å². The van der Waals surface area contributed by atoms with E-state index in [0.717, 1.165) is 16.9 Å². The molecule has 3 aromatic rings. The fourth-order valence-electron chi connectivity index (χ4n) is 2.28. The van der Waals surface area contributed by atoms with Crippen molar-refractivity contribution in [1.82, 2.24) is 15.2 Å². The van der Waals surface area contributed by atoms with Crippen LogP contribution < -0.4 is 15.9 Å². The maximum atomic E-state index is 11.2. The lowest BCUT2D eigenvalue weighted by atomic mass is 10.1. The summed E-state index contributed by atoms with van der Waals surface area (Å²) in [7, 11) is 0. The van der Waals surface area contributed by atoms with Crippen LogP contribution in [0.5, 0.6) is 5.75 Å². The third-order valence-electron chi connectivity index (χ3n) is 3.63. The van der Waals surface area contributed by atoms with Crippen molar-refractivity contribution < 1.29 is 4.74 Å². The Morgan fingerprint density at radius 3 is 2.77 bits per heavy atom. The van der Waals surface area contributed by atoms with E-state index < -0.39 is 5.69 Å². The van der Waals surface area contributed by atoms with E-state index in [0.29, 0.717) is 18.1 Å². The number of aromatic nitrogens is 3. The summed E-state index contributed by atoms with van der Waals surface area (Å²) >= 11 is 0. The first-order valence-corrected chi connectivity index (χ1v) is 8.11. The number of aryl methyl sites for hydroxylation is 2. The van der Waals surface area contributed by atoms with Gasteiger partial charge in [-0.3, -0.25) is 5.43 Å². The molecular weight excluding hydrogens is 330 g/mol. The minimum Gasteiger partial charge on any atom is -0.489 e. The average Bonchev–Trinajstić information content (AvgIpc) is 2.64. The van der Waals surface area contributed by atoms with Crippen LogP contribution in [0.3, 0.4) is 0 Å². The van der Waals surface area contributed by atoms with Gasteiger partial charge in [-0.2, -0.15) is 15.2 Å². The molecule has 0 aliphatic heterocycles. The molecule has 132 valence electrons. The molecule has 0 saturated carbocycles.